The van der Waals surface area contributed by atoms with Gasteiger partial charge in [-0.1, -0.05) is 16.8 Å². The Balaban J connectivity index is 1.35. The van der Waals surface area contributed by atoms with Crippen LogP contribution < -0.4 is 19.5 Å². The summed E-state index contributed by atoms with van der Waals surface area (Å²) in [6.07, 6.45) is 0. The van der Waals surface area contributed by atoms with Crippen molar-refractivity contribution in [2.75, 3.05) is 13.4 Å². The molecule has 144 valence electrons. The van der Waals surface area contributed by atoms with Gasteiger partial charge in [0.1, 0.15) is 11.8 Å². The highest BCUT2D eigenvalue weighted by Gasteiger charge is 2.20. The lowest BCUT2D eigenvalue weighted by atomic mass is 10.2. The van der Waals surface area contributed by atoms with Gasteiger partial charge in [-0.05, 0) is 49.4 Å². The van der Waals surface area contributed by atoms with Crippen LogP contribution in [0.25, 0.3) is 11.4 Å². The molecule has 0 unspecified atom stereocenters. The smallest absolute Gasteiger partial charge is 0.258 e. The number of rotatable bonds is 6. The van der Waals surface area contributed by atoms with Crippen molar-refractivity contribution >= 4 is 17.5 Å². The molecule has 28 heavy (non-hydrogen) atoms. The van der Waals surface area contributed by atoms with Crippen LogP contribution in [0.4, 0.5) is 0 Å². The largest absolute Gasteiger partial charge is 0.484 e. The maximum absolute atomic E-state index is 12.1. The molecule has 8 nitrogen and oxygen atoms in total. The zero-order valence-corrected chi connectivity index (χ0v) is 15.6. The summed E-state index contributed by atoms with van der Waals surface area (Å²) >= 11 is 5.81. The maximum atomic E-state index is 12.1. The number of carbonyl (C=O) groups is 1. The molecule has 0 bridgehead atoms. The topological polar surface area (TPSA) is 95.7 Å². The number of aromatic nitrogens is 2. The van der Waals surface area contributed by atoms with Gasteiger partial charge in [-0.25, -0.2) is 0 Å². The predicted octanol–water partition coefficient (Wildman–Crippen LogP) is 3.37. The third-order valence-corrected chi connectivity index (χ3v) is 4.26. The summed E-state index contributed by atoms with van der Waals surface area (Å²) in [5.74, 6) is 2.22. The van der Waals surface area contributed by atoms with Crippen molar-refractivity contribution in [3.8, 4) is 28.6 Å². The first-order valence-corrected chi connectivity index (χ1v) is 8.87. The van der Waals surface area contributed by atoms with Gasteiger partial charge in [-0.2, -0.15) is 4.98 Å². The van der Waals surface area contributed by atoms with Gasteiger partial charge in [0.25, 0.3) is 5.91 Å². The Hall–Kier alpha value is -3.26. The molecule has 3 aromatic rings. The van der Waals surface area contributed by atoms with Gasteiger partial charge in [0, 0.05) is 10.6 Å². The van der Waals surface area contributed by atoms with Crippen molar-refractivity contribution in [1.29, 1.82) is 0 Å². The average molecular weight is 402 g/mol. The molecule has 2 heterocycles. The summed E-state index contributed by atoms with van der Waals surface area (Å²) in [6, 6.07) is 11.7. The number of ether oxygens (including phenoxy) is 3. The molecule has 2 aromatic carbocycles. The first-order valence-electron chi connectivity index (χ1n) is 8.50. The fraction of sp³-hybridized carbons (Fsp3) is 0.211. The highest BCUT2D eigenvalue weighted by Crippen LogP contribution is 2.35. The Morgan fingerprint density at radius 1 is 1.21 bits per heavy atom. The van der Waals surface area contributed by atoms with E-state index in [1.807, 2.05) is 6.07 Å². The van der Waals surface area contributed by atoms with Gasteiger partial charge in [0.2, 0.25) is 18.5 Å². The normalized spacial score (nSPS) is 13.2. The highest BCUT2D eigenvalue weighted by atomic mass is 35.5. The number of carbonyl (C=O) groups excluding carboxylic acids is 1. The average Bonchev–Trinajstić information content (AvgIpc) is 3.36. The number of hydrogen-bond donors (Lipinski definition) is 1. The summed E-state index contributed by atoms with van der Waals surface area (Å²) < 4.78 is 21.3. The minimum Gasteiger partial charge on any atom is -0.484 e. The molecule has 1 aliphatic heterocycles. The van der Waals surface area contributed by atoms with Gasteiger partial charge < -0.3 is 24.1 Å². The first kappa shape index (κ1) is 18.1. The lowest BCUT2D eigenvalue weighted by Gasteiger charge is -2.10. The predicted molar refractivity (Wildman–Crippen MR) is 99.4 cm³/mol. The van der Waals surface area contributed by atoms with Crippen LogP contribution in [0.15, 0.2) is 47.0 Å². The Kier molecular flexibility index (Phi) is 5.03. The van der Waals surface area contributed by atoms with Gasteiger partial charge in [0.05, 0.1) is 0 Å². The standard InChI is InChI=1S/C19H16ClN3O5/c1-11(21-17(24)9-25-14-5-3-13(20)4-6-14)19-22-18(23-28-19)12-2-7-15-16(8-12)27-10-26-15/h2-8,11H,9-10H2,1H3,(H,21,24)/t11-/m0/s1. The molecule has 1 aromatic heterocycles. The van der Waals surface area contributed by atoms with Crippen molar-refractivity contribution < 1.29 is 23.5 Å². The molecule has 0 fully saturated rings. The molecule has 4 rings (SSSR count). The maximum Gasteiger partial charge on any atom is 0.258 e. The molecule has 1 atom stereocenters. The van der Waals surface area contributed by atoms with Crippen molar-refractivity contribution in [3.63, 3.8) is 0 Å². The van der Waals surface area contributed by atoms with E-state index >= 15 is 0 Å². The van der Waals surface area contributed by atoms with Crippen LogP contribution in [0.2, 0.25) is 5.02 Å². The van der Waals surface area contributed by atoms with E-state index in [1.165, 1.54) is 0 Å². The van der Waals surface area contributed by atoms with E-state index in [2.05, 4.69) is 15.5 Å². The van der Waals surface area contributed by atoms with E-state index in [1.54, 1.807) is 43.3 Å². The SMILES string of the molecule is C[C@H](NC(=O)COc1ccc(Cl)cc1)c1nc(-c2ccc3c(c2)OCO3)no1. The monoisotopic (exact) mass is 401 g/mol. The van der Waals surface area contributed by atoms with Crippen molar-refractivity contribution in [2.24, 2.45) is 0 Å². The summed E-state index contributed by atoms with van der Waals surface area (Å²) in [6.45, 7) is 1.80. The van der Waals surface area contributed by atoms with Crippen molar-refractivity contribution in [3.05, 3.63) is 53.4 Å². The fourth-order valence-corrected chi connectivity index (χ4v) is 2.71. The van der Waals surface area contributed by atoms with E-state index < -0.39 is 6.04 Å². The van der Waals surface area contributed by atoms with Gasteiger partial charge >= 0.3 is 0 Å². The molecule has 9 heteroatoms. The number of amides is 1. The summed E-state index contributed by atoms with van der Waals surface area (Å²) in [5.41, 5.74) is 0.726. The second-order valence-electron chi connectivity index (χ2n) is 6.06. The highest BCUT2D eigenvalue weighted by molar-refractivity contribution is 6.30. The number of benzene rings is 2. The fourth-order valence-electron chi connectivity index (χ4n) is 2.59. The summed E-state index contributed by atoms with van der Waals surface area (Å²) in [7, 11) is 0. The number of nitrogens with zero attached hydrogens (tertiary/aromatic N) is 2. The van der Waals surface area contributed by atoms with Crippen LogP contribution in [0.5, 0.6) is 17.2 Å². The van der Waals surface area contributed by atoms with Crippen LogP contribution in [0.3, 0.4) is 0 Å². The van der Waals surface area contributed by atoms with E-state index in [0.717, 1.165) is 5.56 Å². The van der Waals surface area contributed by atoms with E-state index in [9.17, 15) is 4.79 Å². The minimum absolute atomic E-state index is 0.144. The van der Waals surface area contributed by atoms with E-state index in [4.69, 9.17) is 30.3 Å². The van der Waals surface area contributed by atoms with E-state index in [0.29, 0.717) is 28.1 Å². The quantitative estimate of drug-likeness (QED) is 0.676. The molecule has 1 amide bonds. The molecule has 1 aliphatic rings. The van der Waals surface area contributed by atoms with Gasteiger partial charge in [0.15, 0.2) is 18.1 Å². The van der Waals surface area contributed by atoms with Crippen LogP contribution in [-0.2, 0) is 4.79 Å². The Morgan fingerprint density at radius 2 is 2.00 bits per heavy atom. The zero-order chi connectivity index (χ0) is 19.5. The minimum atomic E-state index is -0.475. The zero-order valence-electron chi connectivity index (χ0n) is 14.8. The molecule has 0 aliphatic carbocycles. The first-order chi connectivity index (χ1) is 13.6. The van der Waals surface area contributed by atoms with E-state index in [-0.39, 0.29) is 25.2 Å². The molecule has 0 saturated carbocycles. The Labute approximate surface area is 165 Å². The van der Waals surface area contributed by atoms with Crippen molar-refractivity contribution in [1.82, 2.24) is 15.5 Å². The third-order valence-electron chi connectivity index (χ3n) is 4.00. The second kappa shape index (κ2) is 7.77. The van der Waals surface area contributed by atoms with Gasteiger partial charge in [-0.15, -0.1) is 0 Å². The van der Waals surface area contributed by atoms with Gasteiger partial charge in [-0.3, -0.25) is 4.79 Å². The summed E-state index contributed by atoms with van der Waals surface area (Å²) in [5, 5.41) is 7.32. The molecular weight excluding hydrogens is 386 g/mol. The second-order valence-corrected chi connectivity index (χ2v) is 6.49. The number of fused-ring (bicyclic) bond motifs is 1. The van der Waals surface area contributed by atoms with Crippen LogP contribution in [0, 0.1) is 0 Å². The molecule has 0 radical (unpaired) electrons. The molecular formula is C19H16ClN3O5. The number of nitrogens with one attached hydrogen (secondary N) is 1. The van der Waals surface area contributed by atoms with Crippen LogP contribution in [-0.4, -0.2) is 29.4 Å². The number of halogens is 1. The third kappa shape index (κ3) is 4.01. The number of hydrogen-bond acceptors (Lipinski definition) is 7. The molecule has 1 N–H and O–H groups in total. The van der Waals surface area contributed by atoms with Crippen molar-refractivity contribution in [2.45, 2.75) is 13.0 Å². The van der Waals surface area contributed by atoms with Crippen LogP contribution >= 0.6 is 11.6 Å². The van der Waals surface area contributed by atoms with Crippen LogP contribution in [0.1, 0.15) is 18.9 Å². The molecule has 0 saturated heterocycles. The summed E-state index contributed by atoms with van der Waals surface area (Å²) in [4.78, 5) is 16.4. The Morgan fingerprint density at radius 3 is 2.82 bits per heavy atom. The lowest BCUT2D eigenvalue weighted by Crippen LogP contribution is -2.31. The lowest BCUT2D eigenvalue weighted by molar-refractivity contribution is -0.123. The Bertz CT molecular complexity index is 989. The molecule has 0 spiro atoms.